The van der Waals surface area contributed by atoms with E-state index < -0.39 is 0 Å². The molecule has 0 bridgehead atoms. The van der Waals surface area contributed by atoms with Gasteiger partial charge < -0.3 is 11.1 Å². The largest absolute Gasteiger partial charge is 0.388 e. The zero-order valence-corrected chi connectivity index (χ0v) is 11.4. The zero-order chi connectivity index (χ0) is 14.0. The van der Waals surface area contributed by atoms with Crippen molar-refractivity contribution >= 4 is 28.8 Å². The number of thiocarbonyl (C=S) groups is 1. The summed E-state index contributed by atoms with van der Waals surface area (Å²) >= 11 is 4.89. The summed E-state index contributed by atoms with van der Waals surface area (Å²) in [6, 6.07) is 6.48. The van der Waals surface area contributed by atoms with Crippen LogP contribution in [0.25, 0.3) is 0 Å². The average molecular weight is 276 g/mol. The first kappa shape index (κ1) is 13.4. The predicted octanol–water partition coefficient (Wildman–Crippen LogP) is 2.61. The number of benzene rings is 1. The van der Waals surface area contributed by atoms with Gasteiger partial charge in [0, 0.05) is 16.9 Å². The van der Waals surface area contributed by atoms with Crippen LogP contribution in [-0.4, -0.2) is 15.0 Å². The fourth-order valence-corrected chi connectivity index (χ4v) is 1.72. The number of nitrogens with zero attached hydrogens (tertiary/aromatic N) is 2. The molecule has 1 aromatic carbocycles. The predicted molar refractivity (Wildman–Crippen MR) is 77.1 cm³/mol. The summed E-state index contributed by atoms with van der Waals surface area (Å²) in [6.45, 7) is 3.50. The van der Waals surface area contributed by atoms with Crippen molar-refractivity contribution in [3.63, 3.8) is 0 Å². The maximum atomic E-state index is 13.4. The highest BCUT2D eigenvalue weighted by Gasteiger charge is 2.08. The summed E-state index contributed by atoms with van der Waals surface area (Å²) in [5, 5.41) is 2.97. The van der Waals surface area contributed by atoms with Gasteiger partial charge in [-0.05, 0) is 32.0 Å². The average Bonchev–Trinajstić information content (AvgIpc) is 2.34. The Balaban J connectivity index is 2.38. The normalized spacial score (nSPS) is 10.3. The van der Waals surface area contributed by atoms with Gasteiger partial charge in [0.05, 0.1) is 0 Å². The summed E-state index contributed by atoms with van der Waals surface area (Å²) in [5.41, 5.74) is 7.88. The Morgan fingerprint density at radius 3 is 2.74 bits per heavy atom. The number of aromatic nitrogens is 2. The Morgan fingerprint density at radius 2 is 2.05 bits per heavy atom. The molecule has 0 saturated heterocycles. The van der Waals surface area contributed by atoms with E-state index in [2.05, 4.69) is 15.3 Å². The molecular weight excluding hydrogens is 263 g/mol. The molecule has 3 N–H and O–H groups in total. The molecule has 1 aromatic heterocycles. The highest BCUT2D eigenvalue weighted by atomic mass is 32.1. The van der Waals surface area contributed by atoms with Crippen molar-refractivity contribution in [3.05, 3.63) is 47.0 Å². The minimum Gasteiger partial charge on any atom is -0.388 e. The molecular formula is C13H13FN4S. The highest BCUT2D eigenvalue weighted by Crippen LogP contribution is 2.20. The lowest BCUT2D eigenvalue weighted by Gasteiger charge is -2.10. The van der Waals surface area contributed by atoms with Gasteiger partial charge in [-0.15, -0.1) is 0 Å². The van der Waals surface area contributed by atoms with E-state index in [4.69, 9.17) is 18.0 Å². The standard InChI is InChI=1S/C13H13FN4S/c1-7-6-11(12(15)19)18-13(16-7)17-10-5-3-4-9(14)8(10)2/h3-6H,1-2H3,(H2,15,19)(H,16,17,18). The van der Waals surface area contributed by atoms with Crippen LogP contribution in [0.15, 0.2) is 24.3 Å². The Morgan fingerprint density at radius 1 is 1.32 bits per heavy atom. The summed E-state index contributed by atoms with van der Waals surface area (Å²) < 4.78 is 13.4. The molecule has 0 aliphatic rings. The van der Waals surface area contributed by atoms with Gasteiger partial charge in [0.25, 0.3) is 0 Å². The van der Waals surface area contributed by atoms with Crippen molar-refractivity contribution in [3.8, 4) is 0 Å². The van der Waals surface area contributed by atoms with Crippen molar-refractivity contribution in [2.45, 2.75) is 13.8 Å². The molecule has 0 radical (unpaired) electrons. The van der Waals surface area contributed by atoms with Crippen LogP contribution in [-0.2, 0) is 0 Å². The van der Waals surface area contributed by atoms with E-state index in [1.165, 1.54) is 6.07 Å². The number of rotatable bonds is 3. The van der Waals surface area contributed by atoms with Crippen LogP contribution in [0.4, 0.5) is 16.0 Å². The van der Waals surface area contributed by atoms with Crippen molar-refractivity contribution in [1.29, 1.82) is 0 Å². The molecule has 0 aliphatic carbocycles. The van der Waals surface area contributed by atoms with E-state index in [1.54, 1.807) is 25.1 Å². The molecule has 2 aromatic rings. The van der Waals surface area contributed by atoms with Gasteiger partial charge in [-0.25, -0.2) is 14.4 Å². The van der Waals surface area contributed by atoms with Crippen LogP contribution in [0, 0.1) is 19.7 Å². The molecule has 6 heteroatoms. The van der Waals surface area contributed by atoms with E-state index in [0.717, 1.165) is 5.69 Å². The number of anilines is 2. The van der Waals surface area contributed by atoms with Crippen LogP contribution in [0.5, 0.6) is 0 Å². The van der Waals surface area contributed by atoms with Gasteiger partial charge in [0.15, 0.2) is 0 Å². The number of halogens is 1. The molecule has 0 fully saturated rings. The van der Waals surface area contributed by atoms with Gasteiger partial charge in [-0.3, -0.25) is 0 Å². The number of hydrogen-bond donors (Lipinski definition) is 2. The minimum atomic E-state index is -0.285. The third kappa shape index (κ3) is 3.03. The lowest BCUT2D eigenvalue weighted by molar-refractivity contribution is 0.619. The van der Waals surface area contributed by atoms with E-state index in [0.29, 0.717) is 22.9 Å². The third-order valence-electron chi connectivity index (χ3n) is 2.62. The fraction of sp³-hybridized carbons (Fsp3) is 0.154. The molecule has 0 atom stereocenters. The second kappa shape index (κ2) is 5.27. The molecule has 4 nitrogen and oxygen atoms in total. The SMILES string of the molecule is Cc1cc(C(N)=S)nc(Nc2cccc(F)c2C)n1. The van der Waals surface area contributed by atoms with Crippen molar-refractivity contribution in [2.24, 2.45) is 5.73 Å². The number of aryl methyl sites for hydroxylation is 1. The molecule has 0 aliphatic heterocycles. The molecule has 0 unspecified atom stereocenters. The zero-order valence-electron chi connectivity index (χ0n) is 10.6. The van der Waals surface area contributed by atoms with Gasteiger partial charge in [-0.2, -0.15) is 0 Å². The summed E-state index contributed by atoms with van der Waals surface area (Å²) in [4.78, 5) is 8.61. The number of hydrogen-bond acceptors (Lipinski definition) is 4. The molecule has 19 heavy (non-hydrogen) atoms. The molecule has 0 amide bonds. The van der Waals surface area contributed by atoms with Crippen LogP contribution in [0.3, 0.4) is 0 Å². The number of nitrogens with two attached hydrogens (primary N) is 1. The van der Waals surface area contributed by atoms with E-state index >= 15 is 0 Å². The first-order chi connectivity index (χ1) is 8.97. The lowest BCUT2D eigenvalue weighted by Crippen LogP contribution is -2.14. The Bertz CT molecular complexity index is 643. The smallest absolute Gasteiger partial charge is 0.228 e. The summed E-state index contributed by atoms with van der Waals surface area (Å²) in [7, 11) is 0. The van der Waals surface area contributed by atoms with E-state index in [9.17, 15) is 4.39 Å². The quantitative estimate of drug-likeness (QED) is 0.844. The van der Waals surface area contributed by atoms with Crippen LogP contribution < -0.4 is 11.1 Å². The van der Waals surface area contributed by atoms with E-state index in [1.807, 2.05) is 6.92 Å². The monoisotopic (exact) mass is 276 g/mol. The summed E-state index contributed by atoms with van der Waals surface area (Å²) in [6.07, 6.45) is 0. The first-order valence-electron chi connectivity index (χ1n) is 5.65. The Kier molecular flexibility index (Phi) is 3.71. The van der Waals surface area contributed by atoms with Crippen molar-refractivity contribution in [1.82, 2.24) is 9.97 Å². The third-order valence-corrected chi connectivity index (χ3v) is 2.83. The molecule has 1 heterocycles. The minimum absolute atomic E-state index is 0.199. The number of nitrogens with one attached hydrogen (secondary N) is 1. The first-order valence-corrected chi connectivity index (χ1v) is 6.06. The lowest BCUT2D eigenvalue weighted by atomic mass is 10.2. The van der Waals surface area contributed by atoms with E-state index in [-0.39, 0.29) is 10.8 Å². The van der Waals surface area contributed by atoms with Crippen molar-refractivity contribution in [2.75, 3.05) is 5.32 Å². The molecule has 2 rings (SSSR count). The van der Waals surface area contributed by atoms with Crippen LogP contribution in [0.2, 0.25) is 0 Å². The Labute approximate surface area is 115 Å². The highest BCUT2D eigenvalue weighted by molar-refractivity contribution is 7.80. The van der Waals surface area contributed by atoms with Gasteiger partial charge in [0.2, 0.25) is 5.95 Å². The second-order valence-corrected chi connectivity index (χ2v) is 4.56. The van der Waals surface area contributed by atoms with Crippen LogP contribution in [0.1, 0.15) is 17.0 Å². The van der Waals surface area contributed by atoms with Gasteiger partial charge >= 0.3 is 0 Å². The topological polar surface area (TPSA) is 63.8 Å². The molecule has 0 saturated carbocycles. The maximum absolute atomic E-state index is 13.4. The molecule has 98 valence electrons. The van der Waals surface area contributed by atoms with Crippen LogP contribution >= 0.6 is 12.2 Å². The Hall–Kier alpha value is -2.08. The summed E-state index contributed by atoms with van der Waals surface area (Å²) in [5.74, 6) is 0.0590. The maximum Gasteiger partial charge on any atom is 0.228 e. The van der Waals surface area contributed by atoms with Gasteiger partial charge in [-0.1, -0.05) is 18.3 Å². The second-order valence-electron chi connectivity index (χ2n) is 4.12. The molecule has 0 spiro atoms. The fourth-order valence-electron chi connectivity index (χ4n) is 1.61. The van der Waals surface area contributed by atoms with Crippen molar-refractivity contribution < 1.29 is 4.39 Å². The van der Waals surface area contributed by atoms with Gasteiger partial charge in [0.1, 0.15) is 16.5 Å².